The second kappa shape index (κ2) is 7.03. The highest BCUT2D eigenvalue weighted by Crippen LogP contribution is 2.40. The molecule has 8 nitrogen and oxygen atoms in total. The van der Waals surface area contributed by atoms with E-state index in [1.165, 1.54) is 6.20 Å². The molecule has 0 fully saturated rings. The first-order chi connectivity index (χ1) is 14.7. The number of aromatic nitrogens is 2. The number of fused-ring (bicyclic) bond motifs is 3. The zero-order chi connectivity index (χ0) is 22.0. The minimum absolute atomic E-state index is 0.104. The van der Waals surface area contributed by atoms with Gasteiger partial charge < -0.3 is 10.1 Å². The van der Waals surface area contributed by atoms with E-state index in [4.69, 9.17) is 9.88 Å². The summed E-state index contributed by atoms with van der Waals surface area (Å²) in [6, 6.07) is 1.25. The van der Waals surface area contributed by atoms with Crippen LogP contribution in [0.25, 0.3) is 0 Å². The van der Waals surface area contributed by atoms with Gasteiger partial charge in [-0.05, 0) is 54.9 Å². The summed E-state index contributed by atoms with van der Waals surface area (Å²) in [5, 5.41) is 13.0. The summed E-state index contributed by atoms with van der Waals surface area (Å²) in [6.45, 7) is 4.43. The first-order valence-corrected chi connectivity index (χ1v) is 12.2. The number of carbonyl (C=O) groups is 1. The number of hydrogen-bond acceptors (Lipinski definition) is 4. The van der Waals surface area contributed by atoms with Gasteiger partial charge in [-0.1, -0.05) is 13.0 Å². The molecule has 3 aliphatic rings. The Kier molecular flexibility index (Phi) is 4.63. The molecule has 2 heterocycles. The average molecular weight is 448 g/mol. The number of halogens is 1. The Morgan fingerprint density at radius 2 is 2.23 bits per heavy atom. The number of benzene rings is 1. The van der Waals surface area contributed by atoms with Gasteiger partial charge in [-0.2, -0.15) is 5.10 Å². The van der Waals surface area contributed by atoms with Crippen molar-refractivity contribution in [1.29, 1.82) is 0 Å². The summed E-state index contributed by atoms with van der Waals surface area (Å²) >= 11 is 0. The van der Waals surface area contributed by atoms with E-state index in [2.05, 4.69) is 20.8 Å². The van der Waals surface area contributed by atoms with Crippen molar-refractivity contribution in [3.8, 4) is 5.88 Å². The van der Waals surface area contributed by atoms with Crippen LogP contribution in [0.15, 0.2) is 21.5 Å². The molecule has 3 atom stereocenters. The molecule has 5 rings (SSSR count). The van der Waals surface area contributed by atoms with Crippen molar-refractivity contribution in [2.75, 3.05) is 5.32 Å². The molecule has 0 radical (unpaired) electrons. The lowest BCUT2D eigenvalue weighted by molar-refractivity contribution is 0.105. The van der Waals surface area contributed by atoms with E-state index in [-0.39, 0.29) is 17.2 Å². The molecule has 1 aliphatic heterocycles. The van der Waals surface area contributed by atoms with Crippen molar-refractivity contribution in [2.45, 2.75) is 75.6 Å². The zero-order valence-electron chi connectivity index (χ0n) is 17.6. The summed E-state index contributed by atoms with van der Waals surface area (Å²) in [5.74, 6) is 0.287. The number of rotatable bonds is 3. The minimum atomic E-state index is -3.58. The Bertz CT molecular complexity index is 1220. The number of alkyl halides is 1. The molecule has 3 N–H and O–H groups in total. The Morgan fingerprint density at radius 1 is 1.42 bits per heavy atom. The van der Waals surface area contributed by atoms with Crippen LogP contribution in [0, 0.1) is 0 Å². The number of nitrogens with one attached hydrogen (secondary N) is 1. The Morgan fingerprint density at radius 3 is 3.00 bits per heavy atom. The fourth-order valence-corrected chi connectivity index (χ4v) is 5.78. The molecule has 2 amide bonds. The number of urea groups is 1. The van der Waals surface area contributed by atoms with E-state index < -0.39 is 27.7 Å². The molecular weight excluding hydrogens is 421 g/mol. The molecule has 0 saturated heterocycles. The van der Waals surface area contributed by atoms with Gasteiger partial charge >= 0.3 is 6.03 Å². The summed E-state index contributed by atoms with van der Waals surface area (Å²) in [7, 11) is -3.58. The fourth-order valence-electron chi connectivity index (χ4n) is 4.79. The van der Waals surface area contributed by atoms with Gasteiger partial charge in [0.05, 0.1) is 12.7 Å². The quantitative estimate of drug-likeness (QED) is 0.752. The van der Waals surface area contributed by atoms with Gasteiger partial charge in [-0.25, -0.2) is 23.2 Å². The van der Waals surface area contributed by atoms with E-state index in [0.717, 1.165) is 47.9 Å². The monoisotopic (exact) mass is 447 g/mol. The van der Waals surface area contributed by atoms with Crippen LogP contribution in [0.5, 0.6) is 5.88 Å². The van der Waals surface area contributed by atoms with Gasteiger partial charge in [0.1, 0.15) is 16.7 Å². The first kappa shape index (κ1) is 20.4. The van der Waals surface area contributed by atoms with E-state index in [1.54, 1.807) is 4.68 Å². The number of nitrogens with zero attached hydrogens (tertiary/aromatic N) is 3. The summed E-state index contributed by atoms with van der Waals surface area (Å²) in [6.07, 6.45) is 4.44. The predicted octanol–water partition coefficient (Wildman–Crippen LogP) is 3.30. The predicted molar refractivity (Wildman–Crippen MR) is 114 cm³/mol. The van der Waals surface area contributed by atoms with Crippen LogP contribution in [-0.2, 0) is 42.1 Å². The minimum Gasteiger partial charge on any atom is -0.469 e. The van der Waals surface area contributed by atoms with E-state index in [9.17, 15) is 13.4 Å². The van der Waals surface area contributed by atoms with Gasteiger partial charge in [-0.3, -0.25) is 0 Å². The third-order valence-corrected chi connectivity index (χ3v) is 7.91. The Hall–Kier alpha value is -2.46. The van der Waals surface area contributed by atoms with Crippen molar-refractivity contribution >= 4 is 21.6 Å². The topological polar surface area (TPSA) is 112 Å². The molecule has 0 bridgehead atoms. The number of ether oxygens (including phenoxy) is 1. The summed E-state index contributed by atoms with van der Waals surface area (Å²) in [5.41, 5.74) is 4.05. The maximum absolute atomic E-state index is 14.1. The summed E-state index contributed by atoms with van der Waals surface area (Å²) < 4.78 is 38.6. The van der Waals surface area contributed by atoms with Gasteiger partial charge in [-0.15, -0.1) is 4.36 Å². The second-order valence-corrected chi connectivity index (χ2v) is 10.6. The van der Waals surface area contributed by atoms with E-state index in [0.29, 0.717) is 18.7 Å². The zero-order valence-corrected chi connectivity index (χ0v) is 18.4. The highest BCUT2D eigenvalue weighted by Gasteiger charge is 2.38. The maximum atomic E-state index is 14.1. The third-order valence-electron chi connectivity index (χ3n) is 6.57. The normalized spacial score (nSPS) is 25.4. The number of hydrogen-bond donors (Lipinski definition) is 2. The maximum Gasteiger partial charge on any atom is 0.354 e. The highest BCUT2D eigenvalue weighted by molar-refractivity contribution is 7.91. The van der Waals surface area contributed by atoms with Crippen molar-refractivity contribution in [1.82, 2.24) is 9.78 Å². The van der Waals surface area contributed by atoms with Crippen molar-refractivity contribution < 1.29 is 18.1 Å². The highest BCUT2D eigenvalue weighted by atomic mass is 32.2. The Balaban J connectivity index is 1.47. The van der Waals surface area contributed by atoms with Gasteiger partial charge in [0.15, 0.2) is 9.92 Å². The van der Waals surface area contributed by atoms with Gasteiger partial charge in [0.2, 0.25) is 5.88 Å². The number of nitrogens with two attached hydrogens (primary N) is 1. The third kappa shape index (κ3) is 3.41. The summed E-state index contributed by atoms with van der Waals surface area (Å²) in [4.78, 5) is 12.9. The average Bonchev–Trinajstić information content (AvgIpc) is 3.43. The van der Waals surface area contributed by atoms with E-state index in [1.807, 2.05) is 13.8 Å². The van der Waals surface area contributed by atoms with Crippen LogP contribution < -0.4 is 15.2 Å². The Labute approximate surface area is 180 Å². The molecule has 2 aliphatic carbocycles. The lowest BCUT2D eigenvalue weighted by Crippen LogP contribution is -2.30. The number of anilines is 1. The van der Waals surface area contributed by atoms with Crippen LogP contribution >= 0.6 is 0 Å². The SMILES string of the molecule is CC[C@@]1(C)Cn2ncc(S(N)(=O)=NC(=O)Nc3c4c(cc5c3C[C@@H](F)C5)CCC4)c2O1. The molecular formula is C21H26FN5O3S. The second-order valence-electron chi connectivity index (χ2n) is 8.85. The lowest BCUT2D eigenvalue weighted by Gasteiger charge is -2.20. The van der Waals surface area contributed by atoms with Crippen molar-refractivity contribution in [3.05, 3.63) is 34.5 Å². The van der Waals surface area contributed by atoms with Gasteiger partial charge in [0, 0.05) is 18.5 Å². The first-order valence-electron chi connectivity index (χ1n) is 10.6. The standard InChI is InChI=1S/C21H26FN5O3S/c1-3-21(2)11-27-19(30-21)17(10-24-27)31(23,29)26-20(28)25-18-15-6-4-5-12(15)7-13-8-14(22)9-16(13)18/h7,10,14H,3-6,8-9,11H2,1-2H3,(H3,23,25,26,28,29)/t14-,21-,31?/m0/s1. The van der Waals surface area contributed by atoms with Crippen LogP contribution in [0.4, 0.5) is 14.9 Å². The number of aryl methyl sites for hydroxylation is 1. The molecule has 31 heavy (non-hydrogen) atoms. The van der Waals surface area contributed by atoms with Crippen LogP contribution in [0.1, 0.15) is 48.9 Å². The smallest absolute Gasteiger partial charge is 0.354 e. The molecule has 0 spiro atoms. The number of amides is 2. The van der Waals surface area contributed by atoms with Crippen LogP contribution in [0.3, 0.4) is 0 Å². The molecule has 10 heteroatoms. The van der Waals surface area contributed by atoms with Crippen LogP contribution in [-0.4, -0.2) is 31.8 Å². The molecule has 1 aromatic heterocycles. The molecule has 0 saturated carbocycles. The lowest BCUT2D eigenvalue weighted by atomic mass is 9.99. The molecule has 1 aromatic carbocycles. The number of carbonyl (C=O) groups excluding carboxylic acids is 1. The van der Waals surface area contributed by atoms with Crippen LogP contribution in [0.2, 0.25) is 0 Å². The van der Waals surface area contributed by atoms with E-state index >= 15 is 0 Å². The van der Waals surface area contributed by atoms with Gasteiger partial charge in [0.25, 0.3) is 0 Å². The largest absolute Gasteiger partial charge is 0.469 e. The van der Waals surface area contributed by atoms with Crippen molar-refractivity contribution in [3.63, 3.8) is 0 Å². The van der Waals surface area contributed by atoms with Crippen molar-refractivity contribution in [2.24, 2.45) is 9.50 Å². The molecule has 1 unspecified atom stereocenters. The fraction of sp³-hybridized carbons (Fsp3) is 0.524. The molecule has 2 aromatic rings. The molecule has 166 valence electrons.